The van der Waals surface area contributed by atoms with E-state index in [9.17, 15) is 0 Å². The highest BCUT2D eigenvalue weighted by molar-refractivity contribution is 5.12. The number of nitrogens with zero attached hydrogens (tertiary/aromatic N) is 1. The number of likely N-dealkylation sites (tertiary alicyclic amines) is 1. The second-order valence-electron chi connectivity index (χ2n) is 3.74. The monoisotopic (exact) mass is 163 g/mol. The third kappa shape index (κ3) is 1.90. The Balaban J connectivity index is 1.92. The van der Waals surface area contributed by atoms with Crippen molar-refractivity contribution in [2.75, 3.05) is 13.1 Å². The SMILES string of the molecule is C1=CC/C(=C\N2CCCC2)CC1. The van der Waals surface area contributed by atoms with E-state index in [1.165, 1.54) is 45.2 Å². The second-order valence-corrected chi connectivity index (χ2v) is 3.74. The normalized spacial score (nSPS) is 27.0. The fourth-order valence-corrected chi connectivity index (χ4v) is 1.97. The zero-order chi connectivity index (χ0) is 8.23. The van der Waals surface area contributed by atoms with Crippen LogP contribution in [0.15, 0.2) is 23.9 Å². The molecule has 0 amide bonds. The molecule has 0 aromatic carbocycles. The second kappa shape index (κ2) is 3.79. The van der Waals surface area contributed by atoms with Gasteiger partial charge in [0.25, 0.3) is 0 Å². The van der Waals surface area contributed by atoms with Gasteiger partial charge in [-0.2, -0.15) is 0 Å². The summed E-state index contributed by atoms with van der Waals surface area (Å²) < 4.78 is 0. The Hall–Kier alpha value is -0.720. The highest BCUT2D eigenvalue weighted by Crippen LogP contribution is 2.19. The number of rotatable bonds is 1. The Morgan fingerprint density at radius 3 is 2.67 bits per heavy atom. The summed E-state index contributed by atoms with van der Waals surface area (Å²) in [5.74, 6) is 0. The van der Waals surface area contributed by atoms with Gasteiger partial charge in [-0.1, -0.05) is 17.7 Å². The van der Waals surface area contributed by atoms with Crippen molar-refractivity contribution in [1.29, 1.82) is 0 Å². The summed E-state index contributed by atoms with van der Waals surface area (Å²) in [5, 5.41) is 0. The van der Waals surface area contributed by atoms with Crippen LogP contribution in [0.3, 0.4) is 0 Å². The van der Waals surface area contributed by atoms with E-state index in [0.717, 1.165) is 0 Å². The predicted molar refractivity (Wildman–Crippen MR) is 51.9 cm³/mol. The molecule has 0 atom stereocenters. The summed E-state index contributed by atoms with van der Waals surface area (Å²) in [7, 11) is 0. The van der Waals surface area contributed by atoms with E-state index in [4.69, 9.17) is 0 Å². The highest BCUT2D eigenvalue weighted by atomic mass is 15.1. The van der Waals surface area contributed by atoms with E-state index in [1.54, 1.807) is 5.57 Å². The van der Waals surface area contributed by atoms with Gasteiger partial charge in [0, 0.05) is 13.1 Å². The molecule has 2 aliphatic rings. The van der Waals surface area contributed by atoms with Crippen LogP contribution in [0.25, 0.3) is 0 Å². The van der Waals surface area contributed by atoms with Crippen molar-refractivity contribution in [2.24, 2.45) is 0 Å². The Morgan fingerprint density at radius 2 is 2.00 bits per heavy atom. The van der Waals surface area contributed by atoms with Gasteiger partial charge in [0.1, 0.15) is 0 Å². The molecule has 0 aromatic heterocycles. The Kier molecular flexibility index (Phi) is 2.50. The molecule has 0 saturated carbocycles. The number of hydrogen-bond donors (Lipinski definition) is 0. The molecular weight excluding hydrogens is 146 g/mol. The maximum atomic E-state index is 2.48. The summed E-state index contributed by atoms with van der Waals surface area (Å²) in [5.41, 5.74) is 1.62. The van der Waals surface area contributed by atoms with Gasteiger partial charge in [-0.25, -0.2) is 0 Å². The minimum absolute atomic E-state index is 1.19. The summed E-state index contributed by atoms with van der Waals surface area (Å²) in [4.78, 5) is 2.48. The molecule has 1 aliphatic heterocycles. The summed E-state index contributed by atoms with van der Waals surface area (Å²) >= 11 is 0. The first kappa shape index (κ1) is 7.90. The van der Waals surface area contributed by atoms with Crippen LogP contribution in [0.1, 0.15) is 32.1 Å². The van der Waals surface area contributed by atoms with Crippen molar-refractivity contribution in [3.63, 3.8) is 0 Å². The zero-order valence-corrected chi connectivity index (χ0v) is 7.63. The molecular formula is C11H17N. The first-order valence-electron chi connectivity index (χ1n) is 5.04. The molecule has 66 valence electrons. The molecule has 1 aliphatic carbocycles. The van der Waals surface area contributed by atoms with Crippen molar-refractivity contribution < 1.29 is 0 Å². The van der Waals surface area contributed by atoms with E-state index >= 15 is 0 Å². The van der Waals surface area contributed by atoms with Crippen molar-refractivity contribution in [1.82, 2.24) is 4.90 Å². The van der Waals surface area contributed by atoms with Gasteiger partial charge in [0.15, 0.2) is 0 Å². The van der Waals surface area contributed by atoms with E-state index < -0.39 is 0 Å². The van der Waals surface area contributed by atoms with Gasteiger partial charge in [-0.3, -0.25) is 0 Å². The standard InChI is InChI=1S/C11H17N/c1-2-6-11(7-3-1)10-12-8-4-5-9-12/h1-2,10H,3-9H2/b11-10+. The molecule has 1 heterocycles. The maximum Gasteiger partial charge on any atom is 0.0173 e. The fourth-order valence-electron chi connectivity index (χ4n) is 1.97. The van der Waals surface area contributed by atoms with Crippen LogP contribution in [0.5, 0.6) is 0 Å². The first-order valence-corrected chi connectivity index (χ1v) is 5.04. The van der Waals surface area contributed by atoms with Gasteiger partial charge in [-0.05, 0) is 38.3 Å². The number of allylic oxidation sites excluding steroid dienone is 3. The van der Waals surface area contributed by atoms with Crippen LogP contribution >= 0.6 is 0 Å². The Bertz CT molecular complexity index is 197. The Labute approximate surface area is 74.8 Å². The van der Waals surface area contributed by atoms with E-state index in [2.05, 4.69) is 23.3 Å². The smallest absolute Gasteiger partial charge is 0.0173 e. The van der Waals surface area contributed by atoms with Crippen molar-refractivity contribution in [2.45, 2.75) is 32.1 Å². The molecule has 1 heteroatoms. The molecule has 1 fully saturated rings. The zero-order valence-electron chi connectivity index (χ0n) is 7.63. The largest absolute Gasteiger partial charge is 0.377 e. The van der Waals surface area contributed by atoms with E-state index in [1.807, 2.05) is 0 Å². The summed E-state index contributed by atoms with van der Waals surface area (Å²) in [6.45, 7) is 2.57. The summed E-state index contributed by atoms with van der Waals surface area (Å²) in [6.07, 6.45) is 13.5. The van der Waals surface area contributed by atoms with Crippen molar-refractivity contribution in [3.05, 3.63) is 23.9 Å². The van der Waals surface area contributed by atoms with E-state index in [-0.39, 0.29) is 0 Å². The molecule has 0 bridgehead atoms. The molecule has 0 unspecified atom stereocenters. The van der Waals surface area contributed by atoms with Gasteiger partial charge >= 0.3 is 0 Å². The lowest BCUT2D eigenvalue weighted by molar-refractivity contribution is 0.460. The topological polar surface area (TPSA) is 3.24 Å². The van der Waals surface area contributed by atoms with Crippen LogP contribution in [-0.4, -0.2) is 18.0 Å². The Morgan fingerprint density at radius 1 is 1.17 bits per heavy atom. The highest BCUT2D eigenvalue weighted by Gasteiger charge is 2.08. The minimum Gasteiger partial charge on any atom is -0.377 e. The average Bonchev–Trinajstić information content (AvgIpc) is 2.59. The lowest BCUT2D eigenvalue weighted by Gasteiger charge is -2.15. The van der Waals surface area contributed by atoms with E-state index in [0.29, 0.717) is 0 Å². The third-order valence-corrected chi connectivity index (χ3v) is 2.68. The molecule has 0 aromatic rings. The quantitative estimate of drug-likeness (QED) is 0.537. The van der Waals surface area contributed by atoms with Crippen LogP contribution in [0.2, 0.25) is 0 Å². The third-order valence-electron chi connectivity index (χ3n) is 2.68. The van der Waals surface area contributed by atoms with Gasteiger partial charge in [0.2, 0.25) is 0 Å². The first-order chi connectivity index (χ1) is 5.95. The molecule has 1 saturated heterocycles. The molecule has 0 spiro atoms. The molecule has 1 nitrogen and oxygen atoms in total. The van der Waals surface area contributed by atoms with Crippen LogP contribution in [0.4, 0.5) is 0 Å². The molecule has 12 heavy (non-hydrogen) atoms. The average molecular weight is 163 g/mol. The lowest BCUT2D eigenvalue weighted by Crippen LogP contribution is -2.12. The van der Waals surface area contributed by atoms with Gasteiger partial charge < -0.3 is 4.90 Å². The van der Waals surface area contributed by atoms with Gasteiger partial charge in [-0.15, -0.1) is 0 Å². The fraction of sp³-hybridized carbons (Fsp3) is 0.636. The minimum atomic E-state index is 1.19. The van der Waals surface area contributed by atoms with Crippen LogP contribution in [0, 0.1) is 0 Å². The van der Waals surface area contributed by atoms with Crippen LogP contribution < -0.4 is 0 Å². The predicted octanol–water partition coefficient (Wildman–Crippen LogP) is 2.71. The van der Waals surface area contributed by atoms with Crippen molar-refractivity contribution in [3.8, 4) is 0 Å². The molecule has 2 rings (SSSR count). The summed E-state index contributed by atoms with van der Waals surface area (Å²) in [6, 6.07) is 0. The number of hydrogen-bond acceptors (Lipinski definition) is 1. The molecule has 0 radical (unpaired) electrons. The van der Waals surface area contributed by atoms with Crippen molar-refractivity contribution >= 4 is 0 Å². The lowest BCUT2D eigenvalue weighted by atomic mass is 10.0. The van der Waals surface area contributed by atoms with Crippen LogP contribution in [-0.2, 0) is 0 Å². The maximum absolute atomic E-state index is 2.48. The molecule has 0 N–H and O–H groups in total. The van der Waals surface area contributed by atoms with Gasteiger partial charge in [0.05, 0.1) is 0 Å².